The molecule has 0 aliphatic heterocycles. The zero-order chi connectivity index (χ0) is 11.8. The maximum absolute atomic E-state index is 11.2. The summed E-state index contributed by atoms with van der Waals surface area (Å²) in [6.07, 6.45) is 5.56. The molecule has 90 valence electrons. The number of aromatic nitrogens is 2. The molecule has 0 saturated heterocycles. The lowest BCUT2D eigenvalue weighted by atomic mass is 10.2. The molecule has 0 aromatic carbocycles. The van der Waals surface area contributed by atoms with E-state index in [4.69, 9.17) is 5.11 Å². The number of nitrogens with one attached hydrogen (secondary N) is 2. The molecule has 0 fully saturated rings. The van der Waals surface area contributed by atoms with E-state index in [-0.39, 0.29) is 12.2 Å². The minimum absolute atomic E-state index is 0.231. The third kappa shape index (κ3) is 4.32. The van der Waals surface area contributed by atoms with Crippen LogP contribution in [0.5, 0.6) is 0 Å². The van der Waals surface area contributed by atoms with Gasteiger partial charge in [0.05, 0.1) is 11.9 Å². The second-order valence-electron chi connectivity index (χ2n) is 3.49. The number of H-pyrrole nitrogens is 1. The number of hydrogen-bond acceptors (Lipinski definition) is 4. The van der Waals surface area contributed by atoms with E-state index < -0.39 is 0 Å². The van der Waals surface area contributed by atoms with Gasteiger partial charge in [0.15, 0.2) is 0 Å². The Hall–Kier alpha value is -0.880. The summed E-state index contributed by atoms with van der Waals surface area (Å²) in [7, 11) is 0. The zero-order valence-electron chi connectivity index (χ0n) is 9.00. The maximum atomic E-state index is 11.2. The molecule has 0 aliphatic rings. The fraction of sp³-hybridized carbons (Fsp3) is 0.600. The Balaban J connectivity index is 2.27. The average Bonchev–Trinajstić information content (AvgIpc) is 2.29. The summed E-state index contributed by atoms with van der Waals surface area (Å²) in [5.41, 5.74) is 0.483. The molecule has 0 unspecified atom stereocenters. The smallest absolute Gasteiger partial charge is 0.280 e. The second-order valence-corrected chi connectivity index (χ2v) is 4.28. The van der Waals surface area contributed by atoms with Gasteiger partial charge in [-0.05, 0) is 28.8 Å². The van der Waals surface area contributed by atoms with Crippen LogP contribution < -0.4 is 10.9 Å². The number of halogens is 1. The van der Waals surface area contributed by atoms with Crippen molar-refractivity contribution in [1.29, 1.82) is 0 Å². The van der Waals surface area contributed by atoms with Crippen LogP contribution in [-0.2, 0) is 0 Å². The monoisotopic (exact) mass is 289 g/mol. The predicted molar refractivity (Wildman–Crippen MR) is 66.6 cm³/mol. The van der Waals surface area contributed by atoms with Gasteiger partial charge in [-0.3, -0.25) is 4.79 Å². The van der Waals surface area contributed by atoms with Gasteiger partial charge in [0, 0.05) is 13.2 Å². The number of unbranched alkanes of at least 4 members (excludes halogenated alkanes) is 3. The largest absolute Gasteiger partial charge is 0.396 e. The Kier molecular flexibility index (Phi) is 6.10. The Morgan fingerprint density at radius 1 is 1.38 bits per heavy atom. The van der Waals surface area contributed by atoms with Crippen LogP contribution in [0.2, 0.25) is 0 Å². The molecule has 1 heterocycles. The van der Waals surface area contributed by atoms with Crippen LogP contribution in [0, 0.1) is 0 Å². The first-order valence-corrected chi connectivity index (χ1v) is 6.13. The predicted octanol–water partition coefficient (Wildman–Crippen LogP) is 1.50. The van der Waals surface area contributed by atoms with Crippen molar-refractivity contribution in [2.24, 2.45) is 0 Å². The number of aromatic amines is 1. The van der Waals surface area contributed by atoms with Gasteiger partial charge >= 0.3 is 0 Å². The molecule has 0 saturated carbocycles. The topological polar surface area (TPSA) is 78.0 Å². The lowest BCUT2D eigenvalue weighted by Crippen LogP contribution is -2.12. The van der Waals surface area contributed by atoms with Crippen molar-refractivity contribution in [2.75, 3.05) is 18.5 Å². The van der Waals surface area contributed by atoms with Gasteiger partial charge in [-0.15, -0.1) is 0 Å². The van der Waals surface area contributed by atoms with Crippen LogP contribution in [0.4, 0.5) is 5.69 Å². The number of hydrogen-bond donors (Lipinski definition) is 3. The molecule has 1 rings (SSSR count). The van der Waals surface area contributed by atoms with Crippen LogP contribution in [0.25, 0.3) is 0 Å². The van der Waals surface area contributed by atoms with Crippen LogP contribution in [0.1, 0.15) is 25.7 Å². The number of anilines is 1. The van der Waals surface area contributed by atoms with E-state index >= 15 is 0 Å². The minimum atomic E-state index is -0.231. The first-order chi connectivity index (χ1) is 7.75. The van der Waals surface area contributed by atoms with Gasteiger partial charge in [0.1, 0.15) is 4.47 Å². The standard InChI is InChI=1S/C10H16BrN3O2/c11-9-8(7-13-14-10(9)16)12-5-3-1-2-4-6-15/h7,15H,1-6H2,(H2,12,14,16). The summed E-state index contributed by atoms with van der Waals surface area (Å²) < 4.78 is 0.484. The normalized spacial score (nSPS) is 10.4. The van der Waals surface area contributed by atoms with Crippen LogP contribution >= 0.6 is 15.9 Å². The minimum Gasteiger partial charge on any atom is -0.396 e. The third-order valence-corrected chi connectivity index (χ3v) is 2.98. The first-order valence-electron chi connectivity index (χ1n) is 5.33. The molecule has 1 aromatic heterocycles. The highest BCUT2D eigenvalue weighted by Gasteiger charge is 2.02. The molecule has 0 radical (unpaired) electrons. The average molecular weight is 290 g/mol. The highest BCUT2D eigenvalue weighted by Crippen LogP contribution is 2.15. The molecule has 0 atom stereocenters. The van der Waals surface area contributed by atoms with Crippen molar-refractivity contribution >= 4 is 21.6 Å². The number of aliphatic hydroxyl groups is 1. The zero-order valence-corrected chi connectivity index (χ0v) is 10.6. The lowest BCUT2D eigenvalue weighted by molar-refractivity contribution is 0.283. The molecule has 1 aromatic rings. The van der Waals surface area contributed by atoms with Gasteiger partial charge in [0.25, 0.3) is 5.56 Å². The van der Waals surface area contributed by atoms with E-state index in [9.17, 15) is 4.79 Å². The van der Waals surface area contributed by atoms with Crippen molar-refractivity contribution in [2.45, 2.75) is 25.7 Å². The quantitative estimate of drug-likeness (QED) is 0.665. The summed E-state index contributed by atoms with van der Waals surface area (Å²) in [6, 6.07) is 0. The number of aliphatic hydroxyl groups excluding tert-OH is 1. The Bertz CT molecular complexity index is 367. The van der Waals surface area contributed by atoms with Crippen LogP contribution in [-0.4, -0.2) is 28.5 Å². The first kappa shape index (κ1) is 13.2. The molecule has 0 bridgehead atoms. The highest BCUT2D eigenvalue weighted by atomic mass is 79.9. The Labute approximate surface area is 102 Å². The summed E-state index contributed by atoms with van der Waals surface area (Å²) in [5, 5.41) is 17.8. The second kappa shape index (κ2) is 7.40. The molecule has 0 aliphatic carbocycles. The fourth-order valence-electron chi connectivity index (χ4n) is 1.32. The van der Waals surface area contributed by atoms with Crippen molar-refractivity contribution < 1.29 is 5.11 Å². The Morgan fingerprint density at radius 3 is 2.88 bits per heavy atom. The summed E-state index contributed by atoms with van der Waals surface area (Å²) >= 11 is 3.19. The van der Waals surface area contributed by atoms with E-state index in [2.05, 4.69) is 31.4 Å². The third-order valence-electron chi connectivity index (χ3n) is 2.20. The van der Waals surface area contributed by atoms with Gasteiger partial charge < -0.3 is 10.4 Å². The molecule has 0 amide bonds. The van der Waals surface area contributed by atoms with Crippen LogP contribution in [0.3, 0.4) is 0 Å². The van der Waals surface area contributed by atoms with Gasteiger partial charge in [-0.25, -0.2) is 5.10 Å². The van der Waals surface area contributed by atoms with E-state index in [0.717, 1.165) is 32.2 Å². The molecular formula is C10H16BrN3O2. The Morgan fingerprint density at radius 2 is 2.12 bits per heavy atom. The maximum Gasteiger partial charge on any atom is 0.280 e. The van der Waals surface area contributed by atoms with Crippen molar-refractivity contribution in [3.05, 3.63) is 21.0 Å². The molecule has 0 spiro atoms. The van der Waals surface area contributed by atoms with Crippen molar-refractivity contribution in [3.8, 4) is 0 Å². The molecule has 6 heteroatoms. The van der Waals surface area contributed by atoms with Crippen LogP contribution in [0.15, 0.2) is 15.5 Å². The summed E-state index contributed by atoms with van der Waals surface area (Å²) in [5.74, 6) is 0. The SMILES string of the molecule is O=c1[nH]ncc(NCCCCCCO)c1Br. The molecule has 5 nitrogen and oxygen atoms in total. The number of rotatable bonds is 7. The molecule has 3 N–H and O–H groups in total. The van der Waals surface area contributed by atoms with E-state index in [1.165, 1.54) is 0 Å². The summed E-state index contributed by atoms with van der Waals surface area (Å²) in [4.78, 5) is 11.2. The fourth-order valence-corrected chi connectivity index (χ4v) is 1.65. The van der Waals surface area contributed by atoms with Crippen molar-refractivity contribution in [1.82, 2.24) is 10.2 Å². The van der Waals surface area contributed by atoms with E-state index in [1.807, 2.05) is 0 Å². The van der Waals surface area contributed by atoms with Crippen molar-refractivity contribution in [3.63, 3.8) is 0 Å². The number of nitrogens with zero attached hydrogens (tertiary/aromatic N) is 1. The molecular weight excluding hydrogens is 274 g/mol. The highest BCUT2D eigenvalue weighted by molar-refractivity contribution is 9.10. The van der Waals surface area contributed by atoms with E-state index in [1.54, 1.807) is 6.20 Å². The lowest BCUT2D eigenvalue weighted by Gasteiger charge is -2.06. The van der Waals surface area contributed by atoms with Gasteiger partial charge in [-0.1, -0.05) is 12.8 Å². The van der Waals surface area contributed by atoms with Gasteiger partial charge in [0.2, 0.25) is 0 Å². The molecule has 16 heavy (non-hydrogen) atoms. The summed E-state index contributed by atoms with van der Waals surface area (Å²) in [6.45, 7) is 1.06. The van der Waals surface area contributed by atoms with E-state index in [0.29, 0.717) is 10.2 Å². The van der Waals surface area contributed by atoms with Gasteiger partial charge in [-0.2, -0.15) is 5.10 Å².